The lowest BCUT2D eigenvalue weighted by Gasteiger charge is -2.30. The van der Waals surface area contributed by atoms with Crippen LogP contribution < -0.4 is 5.32 Å². The van der Waals surface area contributed by atoms with Gasteiger partial charge in [0.2, 0.25) is 0 Å². The number of aliphatic hydroxyl groups is 1. The summed E-state index contributed by atoms with van der Waals surface area (Å²) in [6.07, 6.45) is 6.31. The molecule has 20 heavy (non-hydrogen) atoms. The quantitative estimate of drug-likeness (QED) is 0.888. The minimum Gasteiger partial charge on any atom is -0.391 e. The molecule has 1 aromatic rings. The SMILES string of the molecule is N#CC(N[C@H]1c2ccccc2C[C@H]1O)C1CCCCC1. The number of nitrogens with zero attached hydrogens (tertiary/aromatic N) is 1. The minimum atomic E-state index is -0.410. The van der Waals surface area contributed by atoms with E-state index in [0.717, 1.165) is 18.4 Å². The summed E-state index contributed by atoms with van der Waals surface area (Å²) in [5.41, 5.74) is 2.37. The van der Waals surface area contributed by atoms with E-state index < -0.39 is 6.10 Å². The second-order valence-corrected chi connectivity index (χ2v) is 6.12. The maximum Gasteiger partial charge on any atom is 0.0986 e. The number of rotatable bonds is 3. The van der Waals surface area contributed by atoms with Crippen molar-refractivity contribution in [1.82, 2.24) is 5.32 Å². The van der Waals surface area contributed by atoms with Crippen LogP contribution in [0.25, 0.3) is 0 Å². The molecule has 3 atom stereocenters. The maximum absolute atomic E-state index is 10.3. The first kappa shape index (κ1) is 13.6. The Kier molecular flexibility index (Phi) is 4.05. The molecule has 2 N–H and O–H groups in total. The predicted molar refractivity (Wildman–Crippen MR) is 78.0 cm³/mol. The summed E-state index contributed by atoms with van der Waals surface area (Å²) in [6, 6.07) is 10.4. The molecule has 106 valence electrons. The summed E-state index contributed by atoms with van der Waals surface area (Å²) in [5.74, 6) is 0.439. The van der Waals surface area contributed by atoms with E-state index in [-0.39, 0.29) is 12.1 Å². The zero-order valence-electron chi connectivity index (χ0n) is 11.8. The van der Waals surface area contributed by atoms with Gasteiger partial charge in [-0.1, -0.05) is 43.5 Å². The fraction of sp³-hybridized carbons (Fsp3) is 0.588. The Bertz CT molecular complexity index is 502. The Morgan fingerprint density at radius 3 is 2.70 bits per heavy atom. The van der Waals surface area contributed by atoms with Gasteiger partial charge in [0.05, 0.1) is 24.3 Å². The van der Waals surface area contributed by atoms with E-state index in [4.69, 9.17) is 0 Å². The Morgan fingerprint density at radius 2 is 1.95 bits per heavy atom. The van der Waals surface area contributed by atoms with Gasteiger partial charge in [-0.2, -0.15) is 5.26 Å². The van der Waals surface area contributed by atoms with Crippen LogP contribution in [-0.4, -0.2) is 17.3 Å². The average molecular weight is 270 g/mol. The molecule has 3 heteroatoms. The zero-order chi connectivity index (χ0) is 13.9. The Labute approximate surface area is 120 Å². The number of nitriles is 1. The molecule has 2 aliphatic rings. The molecule has 0 radical (unpaired) electrons. The van der Waals surface area contributed by atoms with Crippen LogP contribution in [0.2, 0.25) is 0 Å². The monoisotopic (exact) mass is 270 g/mol. The van der Waals surface area contributed by atoms with Gasteiger partial charge in [0.25, 0.3) is 0 Å². The van der Waals surface area contributed by atoms with Crippen molar-refractivity contribution in [3.63, 3.8) is 0 Å². The van der Waals surface area contributed by atoms with Crippen molar-refractivity contribution in [3.05, 3.63) is 35.4 Å². The van der Waals surface area contributed by atoms with Crippen molar-refractivity contribution in [2.75, 3.05) is 0 Å². The smallest absolute Gasteiger partial charge is 0.0986 e. The molecule has 3 rings (SSSR count). The van der Waals surface area contributed by atoms with E-state index in [1.165, 1.54) is 24.8 Å². The van der Waals surface area contributed by atoms with Crippen molar-refractivity contribution < 1.29 is 5.11 Å². The second kappa shape index (κ2) is 5.95. The molecular formula is C17H22N2O. The Balaban J connectivity index is 1.74. The summed E-state index contributed by atoms with van der Waals surface area (Å²) in [7, 11) is 0. The van der Waals surface area contributed by atoms with Gasteiger partial charge in [0.1, 0.15) is 0 Å². The number of nitrogens with one attached hydrogen (secondary N) is 1. The van der Waals surface area contributed by atoms with Crippen molar-refractivity contribution in [1.29, 1.82) is 5.26 Å². The van der Waals surface area contributed by atoms with Crippen molar-refractivity contribution in [3.8, 4) is 6.07 Å². The Hall–Kier alpha value is -1.37. The highest BCUT2D eigenvalue weighted by Crippen LogP contribution is 2.34. The number of hydrogen-bond acceptors (Lipinski definition) is 3. The first-order valence-corrected chi connectivity index (χ1v) is 7.71. The van der Waals surface area contributed by atoms with Crippen LogP contribution in [0.15, 0.2) is 24.3 Å². The van der Waals surface area contributed by atoms with Gasteiger partial charge in [-0.25, -0.2) is 0 Å². The predicted octanol–water partition coefficient (Wildman–Crippen LogP) is 2.71. The van der Waals surface area contributed by atoms with E-state index >= 15 is 0 Å². The van der Waals surface area contributed by atoms with Crippen LogP contribution in [0.3, 0.4) is 0 Å². The molecule has 2 aliphatic carbocycles. The van der Waals surface area contributed by atoms with E-state index in [1.54, 1.807) is 0 Å². The molecule has 0 amide bonds. The van der Waals surface area contributed by atoms with Crippen molar-refractivity contribution >= 4 is 0 Å². The molecule has 1 aromatic carbocycles. The van der Waals surface area contributed by atoms with Crippen LogP contribution in [0.4, 0.5) is 0 Å². The standard InChI is InChI=1S/C17H22N2O/c18-11-15(12-6-2-1-3-7-12)19-17-14-9-5-4-8-13(14)10-16(17)20/h4-5,8-9,12,15-17,19-20H,1-3,6-7,10H2/t15?,16-,17+/m1/s1. The summed E-state index contributed by atoms with van der Waals surface area (Å²) < 4.78 is 0. The molecule has 0 spiro atoms. The largest absolute Gasteiger partial charge is 0.391 e. The van der Waals surface area contributed by atoms with Gasteiger partial charge in [-0.15, -0.1) is 0 Å². The highest BCUT2D eigenvalue weighted by atomic mass is 16.3. The summed E-state index contributed by atoms with van der Waals surface area (Å²) in [6.45, 7) is 0. The summed E-state index contributed by atoms with van der Waals surface area (Å²) >= 11 is 0. The lowest BCUT2D eigenvalue weighted by atomic mass is 9.84. The van der Waals surface area contributed by atoms with Gasteiger partial charge in [-0.3, -0.25) is 5.32 Å². The molecule has 0 heterocycles. The van der Waals surface area contributed by atoms with Crippen LogP contribution >= 0.6 is 0 Å². The van der Waals surface area contributed by atoms with Gasteiger partial charge >= 0.3 is 0 Å². The van der Waals surface area contributed by atoms with Crippen LogP contribution in [0, 0.1) is 17.2 Å². The molecule has 0 aromatic heterocycles. The summed E-state index contributed by atoms with van der Waals surface area (Å²) in [4.78, 5) is 0. The number of aliphatic hydroxyl groups excluding tert-OH is 1. The number of hydrogen-bond donors (Lipinski definition) is 2. The third-order valence-corrected chi connectivity index (χ3v) is 4.82. The lowest BCUT2D eigenvalue weighted by molar-refractivity contribution is 0.130. The first-order valence-electron chi connectivity index (χ1n) is 7.71. The second-order valence-electron chi connectivity index (χ2n) is 6.12. The highest BCUT2D eigenvalue weighted by molar-refractivity contribution is 5.36. The van der Waals surface area contributed by atoms with Crippen molar-refractivity contribution in [2.45, 2.75) is 56.7 Å². The molecule has 1 fully saturated rings. The van der Waals surface area contributed by atoms with Crippen LogP contribution in [-0.2, 0) is 6.42 Å². The van der Waals surface area contributed by atoms with Crippen molar-refractivity contribution in [2.24, 2.45) is 5.92 Å². The van der Waals surface area contributed by atoms with E-state index in [2.05, 4.69) is 23.5 Å². The normalized spacial score (nSPS) is 27.8. The topological polar surface area (TPSA) is 56.0 Å². The summed E-state index contributed by atoms with van der Waals surface area (Å²) in [5, 5.41) is 23.2. The molecule has 0 bridgehead atoms. The molecule has 1 unspecified atom stereocenters. The van der Waals surface area contributed by atoms with E-state index in [9.17, 15) is 10.4 Å². The van der Waals surface area contributed by atoms with Gasteiger partial charge in [0, 0.05) is 6.42 Å². The molecule has 0 saturated heterocycles. The van der Waals surface area contributed by atoms with E-state index in [1.807, 2.05) is 12.1 Å². The lowest BCUT2D eigenvalue weighted by Crippen LogP contribution is -2.41. The first-order chi connectivity index (χ1) is 9.79. The zero-order valence-corrected chi connectivity index (χ0v) is 11.8. The molecule has 3 nitrogen and oxygen atoms in total. The third kappa shape index (κ3) is 2.59. The maximum atomic E-state index is 10.3. The third-order valence-electron chi connectivity index (χ3n) is 4.82. The molecular weight excluding hydrogens is 248 g/mol. The van der Waals surface area contributed by atoms with Gasteiger partial charge in [0.15, 0.2) is 0 Å². The fourth-order valence-corrected chi connectivity index (χ4v) is 3.71. The van der Waals surface area contributed by atoms with Crippen LogP contribution in [0.5, 0.6) is 0 Å². The van der Waals surface area contributed by atoms with Gasteiger partial charge in [-0.05, 0) is 29.9 Å². The number of benzene rings is 1. The van der Waals surface area contributed by atoms with Gasteiger partial charge < -0.3 is 5.11 Å². The Morgan fingerprint density at radius 1 is 1.20 bits per heavy atom. The molecule has 1 saturated carbocycles. The van der Waals surface area contributed by atoms with E-state index in [0.29, 0.717) is 12.3 Å². The highest BCUT2D eigenvalue weighted by Gasteiger charge is 2.34. The fourth-order valence-electron chi connectivity index (χ4n) is 3.71. The number of fused-ring (bicyclic) bond motifs is 1. The molecule has 0 aliphatic heterocycles. The van der Waals surface area contributed by atoms with Crippen LogP contribution in [0.1, 0.15) is 49.3 Å². The minimum absolute atomic E-state index is 0.0854. The average Bonchev–Trinajstić information content (AvgIpc) is 2.81.